The maximum Gasteiger partial charge on any atom is 0.238 e. The minimum Gasteiger partial charge on any atom is -0.357 e. The fourth-order valence-corrected chi connectivity index (χ4v) is 2.79. The monoisotopic (exact) mass is 387 g/mol. The molecule has 0 aromatic heterocycles. The molecule has 1 amide bonds. The van der Waals surface area contributed by atoms with Crippen LogP contribution in [0.15, 0.2) is 41.9 Å². The Kier molecular flexibility index (Phi) is 11.7. The van der Waals surface area contributed by atoms with E-state index < -0.39 is 0 Å². The van der Waals surface area contributed by atoms with E-state index in [1.807, 2.05) is 49.3 Å². The Labute approximate surface area is 170 Å². The number of nitrogens with one attached hydrogen (secondary N) is 2. The summed E-state index contributed by atoms with van der Waals surface area (Å²) in [5.41, 5.74) is 1.87. The van der Waals surface area contributed by atoms with Gasteiger partial charge in [-0.15, -0.1) is 6.58 Å². The summed E-state index contributed by atoms with van der Waals surface area (Å²) in [6.45, 7) is 8.59. The number of aliphatic imine (C=N–C) groups is 1. The molecule has 0 heterocycles. The second-order valence-corrected chi connectivity index (χ2v) is 7.22. The fourth-order valence-electron chi connectivity index (χ4n) is 2.79. The first-order chi connectivity index (χ1) is 13.5. The number of unbranched alkanes of at least 4 members (excludes halogenated alkanes) is 3. The quantitative estimate of drug-likeness (QED) is 0.250. The van der Waals surface area contributed by atoms with Gasteiger partial charge in [-0.05, 0) is 58.0 Å². The van der Waals surface area contributed by atoms with Crippen LogP contribution in [0.3, 0.4) is 0 Å². The molecule has 0 radical (unpaired) electrons. The molecule has 0 spiro atoms. The topological polar surface area (TPSA) is 60.0 Å². The van der Waals surface area contributed by atoms with Crippen molar-refractivity contribution >= 4 is 17.6 Å². The molecule has 156 valence electrons. The van der Waals surface area contributed by atoms with Crippen LogP contribution in [0.25, 0.3) is 0 Å². The first-order valence-electron chi connectivity index (χ1n) is 10.1. The molecule has 6 heteroatoms. The van der Waals surface area contributed by atoms with Crippen molar-refractivity contribution in [2.24, 2.45) is 4.99 Å². The van der Waals surface area contributed by atoms with E-state index >= 15 is 0 Å². The molecule has 0 aliphatic carbocycles. The Bertz CT molecular complexity index is 627. The Balaban J connectivity index is 2.64. The Hall–Kier alpha value is -2.34. The van der Waals surface area contributed by atoms with Gasteiger partial charge in [-0.25, -0.2) is 4.99 Å². The van der Waals surface area contributed by atoms with E-state index in [2.05, 4.69) is 36.1 Å². The van der Waals surface area contributed by atoms with Gasteiger partial charge in [0.2, 0.25) is 5.91 Å². The lowest BCUT2D eigenvalue weighted by Gasteiger charge is -2.22. The van der Waals surface area contributed by atoms with Crippen LogP contribution in [0, 0.1) is 0 Å². The van der Waals surface area contributed by atoms with Crippen LogP contribution in [0.1, 0.15) is 38.2 Å². The third-order valence-corrected chi connectivity index (χ3v) is 4.18. The number of likely N-dealkylation sites (N-methyl/N-ethyl adjacent to an activating group) is 1. The number of rotatable bonds is 12. The number of allylic oxidation sites excluding steroid dienone is 1. The van der Waals surface area contributed by atoms with Crippen LogP contribution in [0.5, 0.6) is 0 Å². The SMILES string of the molecule is C=CCCCCCN(C)C(=NCc1cccc(NC(=O)CN(C)C)c1)NCC. The molecule has 0 atom stereocenters. The van der Waals surface area contributed by atoms with Crippen LogP contribution < -0.4 is 10.6 Å². The van der Waals surface area contributed by atoms with Gasteiger partial charge in [0.25, 0.3) is 0 Å². The van der Waals surface area contributed by atoms with Gasteiger partial charge in [0.1, 0.15) is 0 Å². The zero-order valence-electron chi connectivity index (χ0n) is 18.0. The summed E-state index contributed by atoms with van der Waals surface area (Å²) in [6.07, 6.45) is 6.59. The molecular formula is C22H37N5O. The molecule has 0 unspecified atom stereocenters. The number of amides is 1. The summed E-state index contributed by atoms with van der Waals surface area (Å²) in [7, 11) is 5.83. The lowest BCUT2D eigenvalue weighted by atomic mass is 10.2. The van der Waals surface area contributed by atoms with Crippen molar-refractivity contribution < 1.29 is 4.79 Å². The first kappa shape index (κ1) is 23.7. The van der Waals surface area contributed by atoms with Gasteiger partial charge in [0, 0.05) is 25.8 Å². The van der Waals surface area contributed by atoms with Gasteiger partial charge in [0.15, 0.2) is 5.96 Å². The summed E-state index contributed by atoms with van der Waals surface area (Å²) in [5, 5.41) is 6.29. The van der Waals surface area contributed by atoms with Gasteiger partial charge in [-0.2, -0.15) is 0 Å². The highest BCUT2D eigenvalue weighted by Gasteiger charge is 2.07. The number of guanidine groups is 1. The lowest BCUT2D eigenvalue weighted by Crippen LogP contribution is -2.39. The molecule has 1 aromatic carbocycles. The van der Waals surface area contributed by atoms with Crippen molar-refractivity contribution in [1.29, 1.82) is 0 Å². The average Bonchev–Trinajstić information content (AvgIpc) is 2.64. The Morgan fingerprint density at radius 3 is 2.68 bits per heavy atom. The average molecular weight is 388 g/mol. The van der Waals surface area contributed by atoms with Crippen molar-refractivity contribution in [2.75, 3.05) is 46.1 Å². The highest BCUT2D eigenvalue weighted by molar-refractivity contribution is 5.92. The van der Waals surface area contributed by atoms with Crippen molar-refractivity contribution in [3.05, 3.63) is 42.5 Å². The summed E-state index contributed by atoms with van der Waals surface area (Å²) in [4.78, 5) is 20.7. The van der Waals surface area contributed by atoms with Gasteiger partial charge >= 0.3 is 0 Å². The summed E-state index contributed by atoms with van der Waals surface area (Å²) >= 11 is 0. The van der Waals surface area contributed by atoms with Crippen LogP contribution in [-0.2, 0) is 11.3 Å². The maximum atomic E-state index is 11.9. The van der Waals surface area contributed by atoms with Crippen molar-refractivity contribution in [3.63, 3.8) is 0 Å². The number of hydrogen-bond donors (Lipinski definition) is 2. The van der Waals surface area contributed by atoms with E-state index in [4.69, 9.17) is 4.99 Å². The van der Waals surface area contributed by atoms with E-state index in [1.54, 1.807) is 0 Å². The van der Waals surface area contributed by atoms with Crippen LogP contribution in [0.2, 0.25) is 0 Å². The molecule has 0 fully saturated rings. The van der Waals surface area contributed by atoms with E-state index in [-0.39, 0.29) is 5.91 Å². The second-order valence-electron chi connectivity index (χ2n) is 7.22. The van der Waals surface area contributed by atoms with E-state index in [1.165, 1.54) is 12.8 Å². The molecule has 0 bridgehead atoms. The number of benzene rings is 1. The third kappa shape index (κ3) is 10.1. The van der Waals surface area contributed by atoms with Crippen molar-refractivity contribution in [1.82, 2.24) is 15.1 Å². The molecule has 1 rings (SSSR count). The molecule has 1 aromatic rings. The zero-order chi connectivity index (χ0) is 20.8. The number of anilines is 1. The number of nitrogens with zero attached hydrogens (tertiary/aromatic N) is 3. The smallest absolute Gasteiger partial charge is 0.238 e. The molecule has 6 nitrogen and oxygen atoms in total. The summed E-state index contributed by atoms with van der Waals surface area (Å²) in [5.74, 6) is 0.892. The van der Waals surface area contributed by atoms with Gasteiger partial charge in [-0.1, -0.05) is 24.6 Å². The molecular weight excluding hydrogens is 350 g/mol. The predicted molar refractivity (Wildman–Crippen MR) is 120 cm³/mol. The van der Waals surface area contributed by atoms with E-state index in [9.17, 15) is 4.79 Å². The van der Waals surface area contributed by atoms with Gasteiger partial charge < -0.3 is 20.4 Å². The summed E-state index contributed by atoms with van der Waals surface area (Å²) < 4.78 is 0. The minimum absolute atomic E-state index is 0.0184. The van der Waals surface area contributed by atoms with Gasteiger partial charge in [-0.3, -0.25) is 4.79 Å². The highest BCUT2D eigenvalue weighted by Crippen LogP contribution is 2.12. The molecule has 28 heavy (non-hydrogen) atoms. The lowest BCUT2D eigenvalue weighted by molar-refractivity contribution is -0.116. The largest absolute Gasteiger partial charge is 0.357 e. The maximum absolute atomic E-state index is 11.9. The normalized spacial score (nSPS) is 11.4. The zero-order valence-corrected chi connectivity index (χ0v) is 18.0. The van der Waals surface area contributed by atoms with E-state index in [0.29, 0.717) is 13.1 Å². The van der Waals surface area contributed by atoms with Crippen molar-refractivity contribution in [2.45, 2.75) is 39.2 Å². The molecule has 0 aliphatic rings. The molecule has 2 N–H and O–H groups in total. The standard InChI is InChI=1S/C22H37N5O/c1-6-8-9-10-11-15-27(5)22(23-7-2)24-17-19-13-12-14-20(16-19)25-21(28)18-26(3)4/h6,12-14,16H,1,7-11,15,17-18H2,2-5H3,(H,23,24)(H,25,28). The van der Waals surface area contributed by atoms with Crippen LogP contribution in [-0.4, -0.2) is 62.4 Å². The molecule has 0 aliphatic heterocycles. The third-order valence-electron chi connectivity index (χ3n) is 4.18. The minimum atomic E-state index is -0.0184. The first-order valence-corrected chi connectivity index (χ1v) is 10.1. The van der Waals surface area contributed by atoms with E-state index in [0.717, 1.165) is 43.1 Å². The van der Waals surface area contributed by atoms with Gasteiger partial charge in [0.05, 0.1) is 13.1 Å². The Morgan fingerprint density at radius 1 is 1.21 bits per heavy atom. The number of hydrogen-bond acceptors (Lipinski definition) is 3. The molecule has 0 saturated carbocycles. The fraction of sp³-hybridized carbons (Fsp3) is 0.545. The number of carbonyl (C=O) groups excluding carboxylic acids is 1. The predicted octanol–water partition coefficient (Wildman–Crippen LogP) is 3.33. The van der Waals surface area contributed by atoms with Crippen LogP contribution in [0.4, 0.5) is 5.69 Å². The summed E-state index contributed by atoms with van der Waals surface area (Å²) in [6, 6.07) is 7.87. The van der Waals surface area contributed by atoms with Crippen molar-refractivity contribution in [3.8, 4) is 0 Å². The molecule has 0 saturated heterocycles. The second kappa shape index (κ2) is 13.8. The Morgan fingerprint density at radius 2 is 2.00 bits per heavy atom. The van der Waals surface area contributed by atoms with Crippen LogP contribution >= 0.6 is 0 Å². The highest BCUT2D eigenvalue weighted by atomic mass is 16.2. The number of carbonyl (C=O) groups is 1.